The maximum Gasteiger partial charge on any atom is 0.240 e. The number of imide groups is 1. The molecular formula is C20H20N2O3. The summed E-state index contributed by atoms with van der Waals surface area (Å²) in [5, 5.41) is 2.75. The Hall–Kier alpha value is -2.95. The van der Waals surface area contributed by atoms with Crippen LogP contribution in [0.15, 0.2) is 60.7 Å². The molecule has 0 aromatic heterocycles. The van der Waals surface area contributed by atoms with E-state index in [0.29, 0.717) is 13.0 Å². The molecule has 0 unspecified atom stereocenters. The smallest absolute Gasteiger partial charge is 0.240 e. The lowest BCUT2D eigenvalue weighted by Gasteiger charge is -2.15. The summed E-state index contributed by atoms with van der Waals surface area (Å²) >= 11 is 0. The molecule has 1 saturated heterocycles. The Labute approximate surface area is 146 Å². The van der Waals surface area contributed by atoms with Crippen molar-refractivity contribution in [2.75, 3.05) is 6.54 Å². The highest BCUT2D eigenvalue weighted by molar-refractivity contribution is 6.06. The zero-order valence-electron chi connectivity index (χ0n) is 13.9. The van der Waals surface area contributed by atoms with E-state index in [-0.39, 0.29) is 36.6 Å². The summed E-state index contributed by atoms with van der Waals surface area (Å²) in [6.45, 7) is 0.166. The Bertz CT molecular complexity index is 759. The van der Waals surface area contributed by atoms with Crippen LogP contribution in [0, 0.1) is 5.92 Å². The Kier molecular flexibility index (Phi) is 5.23. The van der Waals surface area contributed by atoms with E-state index >= 15 is 0 Å². The molecule has 2 aromatic carbocycles. The van der Waals surface area contributed by atoms with Crippen LogP contribution in [0.2, 0.25) is 0 Å². The molecule has 5 heteroatoms. The Morgan fingerprint density at radius 1 is 0.960 bits per heavy atom. The average molecular weight is 336 g/mol. The van der Waals surface area contributed by atoms with E-state index in [9.17, 15) is 14.4 Å². The molecule has 3 rings (SSSR count). The lowest BCUT2D eigenvalue weighted by atomic mass is 9.98. The zero-order chi connectivity index (χ0) is 17.6. The fourth-order valence-electron chi connectivity index (χ4n) is 2.97. The molecule has 1 atom stereocenters. The van der Waals surface area contributed by atoms with Crippen molar-refractivity contribution < 1.29 is 14.4 Å². The average Bonchev–Trinajstić information content (AvgIpc) is 2.89. The third-order valence-corrected chi connectivity index (χ3v) is 4.30. The number of nitrogens with one attached hydrogen (secondary N) is 1. The standard InChI is InChI=1S/C20H20N2O3/c23-18(21-13-16-9-5-2-6-10-16)14-22-19(24)12-17(20(22)25)11-15-7-3-1-4-8-15/h1-10,17H,11-14H2,(H,21,23)/t17-/m1/s1. The van der Waals surface area contributed by atoms with Crippen LogP contribution in [-0.2, 0) is 27.3 Å². The van der Waals surface area contributed by atoms with Crippen LogP contribution in [0.5, 0.6) is 0 Å². The SMILES string of the molecule is O=C(CN1C(=O)C[C@@H](Cc2ccccc2)C1=O)NCc1ccccc1. The molecule has 25 heavy (non-hydrogen) atoms. The van der Waals surface area contributed by atoms with E-state index in [1.807, 2.05) is 60.7 Å². The van der Waals surface area contributed by atoms with Gasteiger partial charge in [0, 0.05) is 13.0 Å². The fourth-order valence-corrected chi connectivity index (χ4v) is 2.97. The molecule has 0 radical (unpaired) electrons. The van der Waals surface area contributed by atoms with Gasteiger partial charge in [-0.3, -0.25) is 19.3 Å². The number of likely N-dealkylation sites (tertiary alicyclic amines) is 1. The zero-order valence-corrected chi connectivity index (χ0v) is 13.9. The number of hydrogen-bond donors (Lipinski definition) is 1. The monoisotopic (exact) mass is 336 g/mol. The van der Waals surface area contributed by atoms with Gasteiger partial charge in [-0.2, -0.15) is 0 Å². The highest BCUT2D eigenvalue weighted by Crippen LogP contribution is 2.23. The summed E-state index contributed by atoms with van der Waals surface area (Å²) in [6.07, 6.45) is 0.688. The first-order chi connectivity index (χ1) is 12.1. The predicted molar refractivity (Wildman–Crippen MR) is 93.3 cm³/mol. The quantitative estimate of drug-likeness (QED) is 0.820. The van der Waals surface area contributed by atoms with Crippen LogP contribution in [0.3, 0.4) is 0 Å². The molecule has 5 nitrogen and oxygen atoms in total. The molecule has 1 aliphatic rings. The second kappa shape index (κ2) is 7.75. The first-order valence-corrected chi connectivity index (χ1v) is 8.32. The fraction of sp³-hybridized carbons (Fsp3) is 0.250. The highest BCUT2D eigenvalue weighted by Gasteiger charge is 2.39. The van der Waals surface area contributed by atoms with E-state index < -0.39 is 0 Å². The van der Waals surface area contributed by atoms with Gasteiger partial charge in [-0.15, -0.1) is 0 Å². The van der Waals surface area contributed by atoms with Crippen molar-refractivity contribution in [1.82, 2.24) is 10.2 Å². The van der Waals surface area contributed by atoms with Crippen molar-refractivity contribution in [3.63, 3.8) is 0 Å². The molecule has 128 valence electrons. The minimum Gasteiger partial charge on any atom is -0.350 e. The van der Waals surface area contributed by atoms with Crippen LogP contribution in [-0.4, -0.2) is 29.2 Å². The normalized spacial score (nSPS) is 17.0. The van der Waals surface area contributed by atoms with Gasteiger partial charge in [0.05, 0.1) is 5.92 Å². The van der Waals surface area contributed by atoms with Gasteiger partial charge < -0.3 is 5.32 Å². The van der Waals surface area contributed by atoms with Gasteiger partial charge in [0.2, 0.25) is 17.7 Å². The molecular weight excluding hydrogens is 316 g/mol. The van der Waals surface area contributed by atoms with Crippen molar-refractivity contribution in [3.8, 4) is 0 Å². The third-order valence-electron chi connectivity index (χ3n) is 4.30. The third kappa shape index (κ3) is 4.32. The van der Waals surface area contributed by atoms with Crippen LogP contribution >= 0.6 is 0 Å². The first kappa shape index (κ1) is 16.9. The van der Waals surface area contributed by atoms with Crippen molar-refractivity contribution in [3.05, 3.63) is 71.8 Å². The van der Waals surface area contributed by atoms with E-state index in [1.165, 1.54) is 0 Å². The second-order valence-electron chi connectivity index (χ2n) is 6.17. The van der Waals surface area contributed by atoms with E-state index in [1.54, 1.807) is 0 Å². The Morgan fingerprint density at radius 3 is 2.20 bits per heavy atom. The number of carbonyl (C=O) groups excluding carboxylic acids is 3. The molecule has 0 aliphatic carbocycles. The number of nitrogens with zero attached hydrogens (tertiary/aromatic N) is 1. The van der Waals surface area contributed by atoms with Crippen LogP contribution < -0.4 is 5.32 Å². The molecule has 1 fully saturated rings. The largest absolute Gasteiger partial charge is 0.350 e. The van der Waals surface area contributed by atoms with Crippen LogP contribution in [0.1, 0.15) is 17.5 Å². The summed E-state index contributed by atoms with van der Waals surface area (Å²) in [5.74, 6) is -1.24. The first-order valence-electron chi connectivity index (χ1n) is 8.32. The van der Waals surface area contributed by atoms with Gasteiger partial charge in [-0.25, -0.2) is 0 Å². The summed E-state index contributed by atoms with van der Waals surface area (Å²) < 4.78 is 0. The summed E-state index contributed by atoms with van der Waals surface area (Å²) in [5.41, 5.74) is 1.99. The van der Waals surface area contributed by atoms with Crippen molar-refractivity contribution >= 4 is 17.7 Å². The van der Waals surface area contributed by atoms with Crippen molar-refractivity contribution in [2.45, 2.75) is 19.4 Å². The minimum absolute atomic E-state index is 0.166. The molecule has 3 amide bonds. The number of amides is 3. The summed E-state index contributed by atoms with van der Waals surface area (Å²) in [6, 6.07) is 19.1. The highest BCUT2D eigenvalue weighted by atomic mass is 16.2. The number of benzene rings is 2. The molecule has 1 heterocycles. The van der Waals surface area contributed by atoms with Gasteiger partial charge in [0.15, 0.2) is 0 Å². The van der Waals surface area contributed by atoms with Gasteiger partial charge in [-0.05, 0) is 17.5 Å². The number of hydrogen-bond acceptors (Lipinski definition) is 3. The lowest BCUT2D eigenvalue weighted by molar-refractivity contribution is -0.143. The van der Waals surface area contributed by atoms with Crippen molar-refractivity contribution in [1.29, 1.82) is 0 Å². The molecule has 1 aliphatic heterocycles. The summed E-state index contributed by atoms with van der Waals surface area (Å²) in [4.78, 5) is 37.7. The van der Waals surface area contributed by atoms with Crippen molar-refractivity contribution in [2.24, 2.45) is 5.92 Å². The van der Waals surface area contributed by atoms with E-state index in [0.717, 1.165) is 16.0 Å². The molecule has 0 spiro atoms. The number of rotatable bonds is 6. The van der Waals surface area contributed by atoms with Crippen LogP contribution in [0.4, 0.5) is 0 Å². The van der Waals surface area contributed by atoms with Gasteiger partial charge >= 0.3 is 0 Å². The Morgan fingerprint density at radius 2 is 1.56 bits per heavy atom. The maximum atomic E-state index is 12.5. The van der Waals surface area contributed by atoms with E-state index in [2.05, 4.69) is 5.32 Å². The van der Waals surface area contributed by atoms with Gasteiger partial charge in [-0.1, -0.05) is 60.7 Å². The molecule has 2 aromatic rings. The maximum absolute atomic E-state index is 12.5. The van der Waals surface area contributed by atoms with Gasteiger partial charge in [0.25, 0.3) is 0 Å². The lowest BCUT2D eigenvalue weighted by Crippen LogP contribution is -2.40. The van der Waals surface area contributed by atoms with Crippen LogP contribution in [0.25, 0.3) is 0 Å². The van der Waals surface area contributed by atoms with Gasteiger partial charge in [0.1, 0.15) is 6.54 Å². The molecule has 0 bridgehead atoms. The molecule has 0 saturated carbocycles. The minimum atomic E-state index is -0.378. The summed E-state index contributed by atoms with van der Waals surface area (Å²) in [7, 11) is 0. The Balaban J connectivity index is 1.54. The topological polar surface area (TPSA) is 66.5 Å². The predicted octanol–water partition coefficient (Wildman–Crippen LogP) is 1.92. The second-order valence-corrected chi connectivity index (χ2v) is 6.17. The van der Waals surface area contributed by atoms with E-state index in [4.69, 9.17) is 0 Å². The molecule has 1 N–H and O–H groups in total. The number of carbonyl (C=O) groups is 3.